The summed E-state index contributed by atoms with van der Waals surface area (Å²) in [5.74, 6) is -2.35. The molecule has 3 rings (SSSR count). The Morgan fingerprint density at radius 2 is 1.26 bits per heavy atom. The summed E-state index contributed by atoms with van der Waals surface area (Å²) in [5, 5.41) is 8.15. The van der Waals surface area contributed by atoms with Gasteiger partial charge in [0.1, 0.15) is 6.04 Å². The average molecular weight is 587 g/mol. The zero-order valence-corrected chi connectivity index (χ0v) is 25.0. The number of carbonyl (C=O) groups excluding carboxylic acids is 6. The highest BCUT2D eigenvalue weighted by Gasteiger charge is 2.32. The van der Waals surface area contributed by atoms with Gasteiger partial charge < -0.3 is 21.7 Å². The van der Waals surface area contributed by atoms with Crippen LogP contribution in [-0.4, -0.2) is 53.8 Å². The molecule has 1 aliphatic heterocycles. The van der Waals surface area contributed by atoms with Crippen LogP contribution in [0.2, 0.25) is 0 Å². The number of hydrogen-bond acceptors (Lipinski definition) is 6. The van der Waals surface area contributed by atoms with Gasteiger partial charge in [0.15, 0.2) is 11.6 Å². The van der Waals surface area contributed by atoms with Crippen molar-refractivity contribution >= 4 is 35.2 Å². The maximum Gasteiger partial charge on any atom is 0.244 e. The van der Waals surface area contributed by atoms with Crippen molar-refractivity contribution in [2.24, 2.45) is 23.5 Å². The summed E-state index contributed by atoms with van der Waals surface area (Å²) in [4.78, 5) is 76.8. The number of hydrogen-bond donors (Lipinski definition) is 4. The van der Waals surface area contributed by atoms with E-state index in [-0.39, 0.29) is 30.4 Å². The van der Waals surface area contributed by atoms with Gasteiger partial charge in [0, 0.05) is 30.9 Å². The fraction of sp³-hybridized carbons (Fsp3) is 0.750. The molecule has 5 N–H and O–H groups in total. The van der Waals surface area contributed by atoms with Gasteiger partial charge in [0.05, 0.1) is 12.6 Å². The Hall–Kier alpha value is -3.04. The Labute approximate surface area is 249 Å². The van der Waals surface area contributed by atoms with E-state index in [0.29, 0.717) is 56.8 Å². The van der Waals surface area contributed by atoms with Crippen molar-refractivity contribution in [3.05, 3.63) is 12.2 Å². The molecule has 4 amide bonds. The van der Waals surface area contributed by atoms with Crippen molar-refractivity contribution in [1.82, 2.24) is 16.0 Å². The minimum Gasteiger partial charge on any atom is -0.368 e. The smallest absolute Gasteiger partial charge is 0.244 e. The van der Waals surface area contributed by atoms with Crippen LogP contribution in [0, 0.1) is 17.8 Å². The summed E-state index contributed by atoms with van der Waals surface area (Å²) >= 11 is 0. The highest BCUT2D eigenvalue weighted by atomic mass is 16.2. The SMILES string of the molecule is NC(=O)[C@@H]1CCCCCC(=O)CNC(=O)[C@H](CC2CCCCC2)CC(=O)[C@H](CC2CCCCC2)NC(=O)/C=C/C(=O)N1. The molecule has 2 fully saturated rings. The molecule has 3 atom stereocenters. The summed E-state index contributed by atoms with van der Waals surface area (Å²) in [6.07, 6.45) is 16.4. The number of nitrogens with two attached hydrogens (primary N) is 1. The van der Waals surface area contributed by atoms with Crippen molar-refractivity contribution < 1.29 is 28.8 Å². The molecule has 0 unspecified atom stereocenters. The lowest BCUT2D eigenvalue weighted by atomic mass is 9.79. The highest BCUT2D eigenvalue weighted by Crippen LogP contribution is 2.32. The Morgan fingerprint density at radius 3 is 1.88 bits per heavy atom. The summed E-state index contributed by atoms with van der Waals surface area (Å²) in [6.45, 7) is -0.0822. The van der Waals surface area contributed by atoms with Crippen LogP contribution >= 0.6 is 0 Å². The summed E-state index contributed by atoms with van der Waals surface area (Å²) in [7, 11) is 0. The number of carbonyl (C=O) groups is 6. The predicted octanol–water partition coefficient (Wildman–Crippen LogP) is 3.16. The standard InChI is InChI=1S/C32H50N4O6/c33-31(41)26-15-9-3-8-14-25(37)21-34-32(42)24(18-22-10-4-1-5-11-22)20-28(38)27(19-23-12-6-2-7-13-23)36-30(40)17-16-29(39)35-26/h16-17,22-24,26-27H,1-15,18-21H2,(H2,33,41)(H,34,42)(H,35,39)(H,36,40)/b17-16+/t24-,26+,27+/m1/s1. The van der Waals surface area contributed by atoms with Gasteiger partial charge in [-0.1, -0.05) is 77.0 Å². The third kappa shape index (κ3) is 12.1. The van der Waals surface area contributed by atoms with Crippen molar-refractivity contribution in [3.63, 3.8) is 0 Å². The second-order valence-corrected chi connectivity index (χ2v) is 12.6. The van der Waals surface area contributed by atoms with E-state index in [0.717, 1.165) is 69.9 Å². The fourth-order valence-electron chi connectivity index (χ4n) is 6.66. The van der Waals surface area contributed by atoms with Gasteiger partial charge in [0.2, 0.25) is 23.6 Å². The second kappa shape index (κ2) is 17.8. The monoisotopic (exact) mass is 586 g/mol. The molecule has 0 saturated heterocycles. The predicted molar refractivity (Wildman–Crippen MR) is 159 cm³/mol. The van der Waals surface area contributed by atoms with Crippen molar-refractivity contribution in [3.8, 4) is 0 Å². The number of ketones is 2. The summed E-state index contributed by atoms with van der Waals surface area (Å²) in [5.41, 5.74) is 5.45. The Bertz CT molecular complexity index is 983. The van der Waals surface area contributed by atoms with Crippen LogP contribution in [-0.2, 0) is 28.8 Å². The maximum absolute atomic E-state index is 13.7. The van der Waals surface area contributed by atoms with E-state index < -0.39 is 35.7 Å². The first-order valence-electron chi connectivity index (χ1n) is 16.1. The first-order chi connectivity index (χ1) is 20.2. The Morgan fingerprint density at radius 1 is 0.714 bits per heavy atom. The molecule has 1 heterocycles. The number of primary amides is 1. The van der Waals surface area contributed by atoms with Crippen LogP contribution in [0.3, 0.4) is 0 Å². The van der Waals surface area contributed by atoms with Crippen LogP contribution in [0.1, 0.15) is 116 Å². The zero-order chi connectivity index (χ0) is 30.3. The third-order valence-electron chi connectivity index (χ3n) is 9.11. The Kier molecular flexibility index (Phi) is 14.2. The molecule has 0 spiro atoms. The van der Waals surface area contributed by atoms with Crippen molar-refractivity contribution in [1.29, 1.82) is 0 Å². The van der Waals surface area contributed by atoms with E-state index in [4.69, 9.17) is 5.73 Å². The summed E-state index contributed by atoms with van der Waals surface area (Å²) in [6, 6.07) is -1.67. The molecule has 42 heavy (non-hydrogen) atoms. The highest BCUT2D eigenvalue weighted by molar-refractivity contribution is 6.00. The summed E-state index contributed by atoms with van der Waals surface area (Å²) < 4.78 is 0. The van der Waals surface area contributed by atoms with Gasteiger partial charge in [-0.2, -0.15) is 0 Å². The molecule has 10 heteroatoms. The van der Waals surface area contributed by atoms with Crippen LogP contribution in [0.4, 0.5) is 0 Å². The van der Waals surface area contributed by atoms with Gasteiger partial charge >= 0.3 is 0 Å². The number of rotatable bonds is 5. The second-order valence-electron chi connectivity index (χ2n) is 12.6. The van der Waals surface area contributed by atoms with E-state index in [1.54, 1.807) is 0 Å². The average Bonchev–Trinajstić information content (AvgIpc) is 2.97. The van der Waals surface area contributed by atoms with Crippen LogP contribution in [0.5, 0.6) is 0 Å². The minimum atomic E-state index is -0.896. The number of amides is 4. The molecule has 234 valence electrons. The van der Waals surface area contributed by atoms with Gasteiger partial charge in [-0.05, 0) is 37.5 Å². The van der Waals surface area contributed by atoms with Crippen LogP contribution < -0.4 is 21.7 Å². The minimum absolute atomic E-state index is 0.00131. The molecule has 2 aliphatic carbocycles. The van der Waals surface area contributed by atoms with Crippen molar-refractivity contribution in [2.75, 3.05) is 6.54 Å². The molecule has 0 aromatic carbocycles. The van der Waals surface area contributed by atoms with E-state index in [2.05, 4.69) is 16.0 Å². The number of Topliss-reactive ketones (excluding diaryl/α,β-unsaturated/α-hetero) is 2. The molecular weight excluding hydrogens is 536 g/mol. The van der Waals surface area contributed by atoms with E-state index in [1.165, 1.54) is 6.42 Å². The molecule has 2 saturated carbocycles. The van der Waals surface area contributed by atoms with Crippen LogP contribution in [0.15, 0.2) is 12.2 Å². The molecule has 3 aliphatic rings. The molecule has 0 radical (unpaired) electrons. The molecule has 10 nitrogen and oxygen atoms in total. The normalized spacial score (nSPS) is 28.3. The maximum atomic E-state index is 13.7. The largest absolute Gasteiger partial charge is 0.368 e. The molecule has 0 aromatic heterocycles. The first kappa shape index (κ1) is 33.5. The topological polar surface area (TPSA) is 165 Å². The zero-order valence-electron chi connectivity index (χ0n) is 25.0. The molecular formula is C32H50N4O6. The fourth-order valence-corrected chi connectivity index (χ4v) is 6.66. The van der Waals surface area contributed by atoms with Gasteiger partial charge in [0.25, 0.3) is 0 Å². The van der Waals surface area contributed by atoms with E-state index in [9.17, 15) is 28.8 Å². The van der Waals surface area contributed by atoms with E-state index >= 15 is 0 Å². The van der Waals surface area contributed by atoms with Gasteiger partial charge in [-0.3, -0.25) is 28.8 Å². The Balaban J connectivity index is 1.79. The molecule has 0 aromatic rings. The third-order valence-corrected chi connectivity index (χ3v) is 9.11. The van der Waals surface area contributed by atoms with Gasteiger partial charge in [-0.25, -0.2) is 0 Å². The lowest BCUT2D eigenvalue weighted by Gasteiger charge is -2.29. The number of nitrogens with one attached hydrogen (secondary N) is 3. The van der Waals surface area contributed by atoms with E-state index in [1.807, 2.05) is 0 Å². The van der Waals surface area contributed by atoms with Crippen LogP contribution in [0.25, 0.3) is 0 Å². The van der Waals surface area contributed by atoms with Gasteiger partial charge in [-0.15, -0.1) is 0 Å². The lowest BCUT2D eigenvalue weighted by molar-refractivity contribution is -0.133. The molecule has 0 bridgehead atoms. The first-order valence-corrected chi connectivity index (χ1v) is 16.1. The quantitative estimate of drug-likeness (QED) is 0.386. The lowest BCUT2D eigenvalue weighted by Crippen LogP contribution is -2.45. The van der Waals surface area contributed by atoms with Crippen molar-refractivity contribution in [2.45, 2.75) is 128 Å².